The second-order valence-corrected chi connectivity index (χ2v) is 8.65. The summed E-state index contributed by atoms with van der Waals surface area (Å²) in [5.41, 5.74) is 2.48. The van der Waals surface area contributed by atoms with Crippen LogP contribution in [0.1, 0.15) is 22.3 Å². The van der Waals surface area contributed by atoms with Gasteiger partial charge in [-0.25, -0.2) is 12.5 Å². The molecule has 0 heterocycles. The van der Waals surface area contributed by atoms with Gasteiger partial charge in [0.2, 0.25) is 0 Å². The average molecular weight is 509 g/mol. The molecule has 3 aromatic rings. The molecule has 0 bridgehead atoms. The quantitative estimate of drug-likeness (QED) is 0.294. The fourth-order valence-corrected chi connectivity index (χ4v) is 3.73. The predicted molar refractivity (Wildman–Crippen MR) is 101 cm³/mol. The molecule has 9 heteroatoms. The largest absolute Gasteiger partial charge is 0.331 e. The molecule has 0 aliphatic heterocycles. The maximum Gasteiger partial charge on any atom is 0.331 e. The summed E-state index contributed by atoms with van der Waals surface area (Å²) >= 11 is 0. The van der Waals surface area contributed by atoms with Crippen LogP contribution in [-0.2, 0) is 53.2 Å². The summed E-state index contributed by atoms with van der Waals surface area (Å²) in [5.74, 6) is 0.608. The number of halogens is 2. The van der Waals surface area contributed by atoms with Crippen LogP contribution in [-0.4, -0.2) is 16.8 Å². The van der Waals surface area contributed by atoms with Crippen LogP contribution >= 0.6 is 0 Å². The average Bonchev–Trinajstić information content (AvgIpc) is 2.63. The zero-order valence-corrected chi connectivity index (χ0v) is 19.4. The van der Waals surface area contributed by atoms with E-state index in [1.807, 2.05) is 0 Å². The molecule has 0 N–H and O–H groups in total. The van der Waals surface area contributed by atoms with E-state index in [0.717, 1.165) is 24.3 Å². The molecule has 1 radical (unpaired) electrons. The zero-order chi connectivity index (χ0) is 20.5. The van der Waals surface area contributed by atoms with Crippen molar-refractivity contribution in [2.75, 3.05) is 0 Å². The van der Waals surface area contributed by atoms with Gasteiger partial charge in [0.25, 0.3) is 0 Å². The van der Waals surface area contributed by atoms with E-state index in [1.165, 1.54) is 24.3 Å². The zero-order valence-electron chi connectivity index (χ0n) is 14.9. The molecule has 4 nitrogen and oxygen atoms in total. The number of hydrogen-bond acceptors (Lipinski definition) is 4. The number of rotatable bonds is 5. The van der Waals surface area contributed by atoms with Crippen molar-refractivity contribution in [3.63, 3.8) is 0 Å². The van der Waals surface area contributed by atoms with Crippen LogP contribution < -0.4 is 0 Å². The monoisotopic (exact) mass is 509 g/mol. The first-order chi connectivity index (χ1) is 13.1. The summed E-state index contributed by atoms with van der Waals surface area (Å²) in [6.07, 6.45) is 0. The molecule has 0 amide bonds. The van der Waals surface area contributed by atoms with Gasteiger partial charge in [0.05, 0.1) is 9.79 Å². The van der Waals surface area contributed by atoms with Gasteiger partial charge in [-0.05, 0) is 0 Å². The topological polar surface area (TPSA) is 68.3 Å². The summed E-state index contributed by atoms with van der Waals surface area (Å²) in [4.78, 5) is -0.949. The van der Waals surface area contributed by atoms with E-state index in [-0.39, 0.29) is 32.7 Å². The van der Waals surface area contributed by atoms with Crippen molar-refractivity contribution >= 4 is 20.4 Å². The molecular formula is C20H14F2O4S2Y-2. The first-order valence-corrected chi connectivity index (χ1v) is 10.7. The van der Waals surface area contributed by atoms with Gasteiger partial charge in [-0.1, -0.05) is 48.5 Å². The van der Waals surface area contributed by atoms with Gasteiger partial charge in [0, 0.05) is 32.7 Å². The predicted octanol–water partition coefficient (Wildman–Crippen LogP) is 4.20. The van der Waals surface area contributed by atoms with Gasteiger partial charge < -0.3 is 0 Å². The van der Waals surface area contributed by atoms with Crippen molar-refractivity contribution in [2.45, 2.75) is 9.79 Å². The number of benzene rings is 3. The van der Waals surface area contributed by atoms with Crippen molar-refractivity contribution in [3.8, 4) is 0 Å². The smallest absolute Gasteiger partial charge is 0.234 e. The fourth-order valence-electron chi connectivity index (χ4n) is 2.81. The molecule has 3 rings (SSSR count). The Labute approximate surface area is 194 Å². The minimum absolute atomic E-state index is 0. The summed E-state index contributed by atoms with van der Waals surface area (Å²) in [7, 11) is -9.67. The van der Waals surface area contributed by atoms with Crippen LogP contribution in [0, 0.1) is 12.8 Å². The van der Waals surface area contributed by atoms with Gasteiger partial charge in [0.15, 0.2) is 0 Å². The van der Waals surface area contributed by atoms with Crippen LogP contribution in [0.3, 0.4) is 0 Å². The SMILES string of the molecule is [CH2-]c1ccccc1[C-](c1ccc(S(=O)(=O)F)cc1)c1ccc(S(=O)(=O)F)cc1.[Y]. The third-order valence-corrected chi connectivity index (χ3v) is 5.81. The van der Waals surface area contributed by atoms with E-state index < -0.39 is 30.2 Å². The second-order valence-electron chi connectivity index (χ2n) is 5.96. The fraction of sp³-hybridized carbons (Fsp3) is 0. The van der Waals surface area contributed by atoms with Gasteiger partial charge in [-0.3, -0.25) is 0 Å². The Morgan fingerprint density at radius 1 is 0.655 bits per heavy atom. The molecule has 3 aromatic carbocycles. The van der Waals surface area contributed by atoms with Crippen LogP contribution in [0.15, 0.2) is 82.6 Å². The third kappa shape index (κ3) is 5.45. The Hall–Kier alpha value is -1.74. The molecule has 0 saturated heterocycles. The normalized spacial score (nSPS) is 11.5. The Kier molecular flexibility index (Phi) is 7.27. The summed E-state index contributed by atoms with van der Waals surface area (Å²) in [5, 5.41) is 0. The van der Waals surface area contributed by atoms with E-state index >= 15 is 0 Å². The van der Waals surface area contributed by atoms with E-state index in [9.17, 15) is 24.6 Å². The Bertz CT molecular complexity index is 1130. The van der Waals surface area contributed by atoms with Crippen LogP contribution in [0.4, 0.5) is 7.77 Å². The first kappa shape index (κ1) is 23.5. The molecule has 0 aromatic heterocycles. The molecule has 0 fully saturated rings. The minimum Gasteiger partial charge on any atom is -0.234 e. The molecule has 0 unspecified atom stereocenters. The van der Waals surface area contributed by atoms with Crippen molar-refractivity contribution in [3.05, 3.63) is 108 Å². The third-order valence-electron chi connectivity index (χ3n) is 4.14. The van der Waals surface area contributed by atoms with Crippen molar-refractivity contribution in [1.82, 2.24) is 0 Å². The number of hydrogen-bond donors (Lipinski definition) is 0. The minimum atomic E-state index is -4.83. The van der Waals surface area contributed by atoms with Crippen molar-refractivity contribution < 1.29 is 57.3 Å². The van der Waals surface area contributed by atoms with Crippen molar-refractivity contribution in [2.24, 2.45) is 0 Å². The molecule has 0 spiro atoms. The Morgan fingerprint density at radius 3 is 1.38 bits per heavy atom. The molecule has 0 aliphatic rings. The van der Waals surface area contributed by atoms with Gasteiger partial charge >= 0.3 is 20.4 Å². The van der Waals surface area contributed by atoms with Crippen LogP contribution in [0.2, 0.25) is 0 Å². The standard InChI is InChI=1S/C20H14F2O4S2.Y/c1-14-4-2-3-5-19(14)20(15-6-10-17(11-7-15)27(21,23)24)16-8-12-18(13-9-16)28(22,25)26;/h2-13H,1H2;/q-2;. The Morgan fingerprint density at radius 2 is 1.03 bits per heavy atom. The van der Waals surface area contributed by atoms with Crippen LogP contribution in [0.5, 0.6) is 0 Å². The van der Waals surface area contributed by atoms with Crippen LogP contribution in [0.25, 0.3) is 0 Å². The van der Waals surface area contributed by atoms with E-state index in [1.54, 1.807) is 24.3 Å². The van der Waals surface area contributed by atoms with Gasteiger partial charge in [-0.15, -0.1) is 36.9 Å². The van der Waals surface area contributed by atoms with Crippen molar-refractivity contribution in [1.29, 1.82) is 0 Å². The molecular weight excluding hydrogens is 495 g/mol. The Balaban J connectivity index is 0.00000300. The summed E-state index contributed by atoms with van der Waals surface area (Å²) in [6, 6.07) is 17.4. The van der Waals surface area contributed by atoms with E-state index in [0.29, 0.717) is 28.2 Å². The summed E-state index contributed by atoms with van der Waals surface area (Å²) in [6.45, 7) is 3.97. The molecule has 29 heavy (non-hydrogen) atoms. The van der Waals surface area contributed by atoms with E-state index in [2.05, 4.69) is 6.92 Å². The van der Waals surface area contributed by atoms with E-state index in [4.69, 9.17) is 0 Å². The first-order valence-electron chi connectivity index (χ1n) is 7.96. The molecule has 0 atom stereocenters. The maximum atomic E-state index is 13.2. The summed E-state index contributed by atoms with van der Waals surface area (Å²) < 4.78 is 70.6. The maximum absolute atomic E-state index is 13.2. The van der Waals surface area contributed by atoms with Gasteiger partial charge in [-0.2, -0.15) is 34.5 Å². The second kappa shape index (κ2) is 8.96. The molecule has 0 saturated carbocycles. The van der Waals surface area contributed by atoms with Gasteiger partial charge in [0.1, 0.15) is 0 Å². The molecule has 149 valence electrons. The molecule has 0 aliphatic carbocycles.